The summed E-state index contributed by atoms with van der Waals surface area (Å²) in [7, 11) is 3.09. The van der Waals surface area contributed by atoms with Gasteiger partial charge in [0.05, 0.1) is 7.11 Å². The first kappa shape index (κ1) is 17.1. The maximum atomic E-state index is 13.8. The molecule has 0 saturated carbocycles. The Bertz CT molecular complexity index is 880. The molecule has 4 nitrogen and oxygen atoms in total. The summed E-state index contributed by atoms with van der Waals surface area (Å²) >= 11 is 1.43. The Labute approximate surface area is 149 Å². The molecule has 1 aromatic heterocycles. The third kappa shape index (κ3) is 3.85. The number of hydrogen-bond acceptors (Lipinski definition) is 4. The van der Waals surface area contributed by atoms with Gasteiger partial charge < -0.3 is 9.64 Å². The minimum atomic E-state index is -0.444. The fourth-order valence-electron chi connectivity index (χ4n) is 2.43. The number of amides is 1. The number of aromatic nitrogens is 1. The molecule has 0 aliphatic heterocycles. The van der Waals surface area contributed by atoms with Gasteiger partial charge in [0.25, 0.3) is 5.91 Å². The van der Waals surface area contributed by atoms with Gasteiger partial charge in [-0.15, -0.1) is 11.3 Å². The molecule has 0 atom stereocenters. The predicted octanol–water partition coefficient (Wildman–Crippen LogP) is 4.23. The van der Waals surface area contributed by atoms with Crippen LogP contribution in [0.4, 0.5) is 4.39 Å². The molecule has 0 saturated heterocycles. The number of ether oxygens (including phenoxy) is 1. The molecular formula is C19H17FN2O2S. The molecule has 25 heavy (non-hydrogen) atoms. The molecule has 0 bridgehead atoms. The Kier molecular flexibility index (Phi) is 5.09. The highest BCUT2D eigenvalue weighted by molar-refractivity contribution is 7.13. The summed E-state index contributed by atoms with van der Waals surface area (Å²) in [6.07, 6.45) is 0. The van der Waals surface area contributed by atoms with E-state index in [1.807, 2.05) is 30.3 Å². The zero-order valence-electron chi connectivity index (χ0n) is 13.9. The fourth-order valence-corrected chi connectivity index (χ4v) is 3.23. The van der Waals surface area contributed by atoms with Crippen molar-refractivity contribution in [1.29, 1.82) is 0 Å². The molecule has 3 rings (SSSR count). The fraction of sp³-hybridized carbons (Fsp3) is 0.158. The molecule has 0 fully saturated rings. The van der Waals surface area contributed by atoms with Gasteiger partial charge in [0.1, 0.15) is 10.7 Å². The first-order valence-corrected chi connectivity index (χ1v) is 8.55. The van der Waals surface area contributed by atoms with Crippen molar-refractivity contribution >= 4 is 17.2 Å². The SMILES string of the molecule is COc1ccc(CN(C)C(=O)c2csc(-c3ccccc3)n2)cc1F. The van der Waals surface area contributed by atoms with Crippen LogP contribution in [0.15, 0.2) is 53.9 Å². The van der Waals surface area contributed by atoms with Gasteiger partial charge in [0, 0.05) is 24.5 Å². The van der Waals surface area contributed by atoms with E-state index in [2.05, 4.69) is 4.98 Å². The smallest absolute Gasteiger partial charge is 0.273 e. The molecule has 128 valence electrons. The number of rotatable bonds is 5. The van der Waals surface area contributed by atoms with E-state index in [1.54, 1.807) is 24.6 Å². The number of methoxy groups -OCH3 is 1. The molecular weight excluding hydrogens is 339 g/mol. The van der Waals surface area contributed by atoms with Crippen LogP contribution in [0.5, 0.6) is 5.75 Å². The first-order valence-electron chi connectivity index (χ1n) is 7.67. The van der Waals surface area contributed by atoms with Crippen LogP contribution in [0, 0.1) is 5.82 Å². The number of benzene rings is 2. The van der Waals surface area contributed by atoms with E-state index >= 15 is 0 Å². The van der Waals surface area contributed by atoms with E-state index in [0.29, 0.717) is 11.3 Å². The van der Waals surface area contributed by atoms with Crippen molar-refractivity contribution in [3.8, 4) is 16.3 Å². The summed E-state index contributed by atoms with van der Waals surface area (Å²) in [5.74, 6) is -0.458. The second-order valence-corrected chi connectivity index (χ2v) is 6.39. The molecule has 2 aromatic carbocycles. The number of nitrogens with zero attached hydrogens (tertiary/aromatic N) is 2. The van der Waals surface area contributed by atoms with Gasteiger partial charge in [-0.1, -0.05) is 36.4 Å². The number of hydrogen-bond donors (Lipinski definition) is 0. The summed E-state index contributed by atoms with van der Waals surface area (Å²) in [5, 5.41) is 2.54. The van der Waals surface area contributed by atoms with Crippen LogP contribution >= 0.6 is 11.3 Å². The predicted molar refractivity (Wildman–Crippen MR) is 96.3 cm³/mol. The normalized spacial score (nSPS) is 10.5. The van der Waals surface area contributed by atoms with Crippen LogP contribution in [0.2, 0.25) is 0 Å². The van der Waals surface area contributed by atoms with Crippen LogP contribution < -0.4 is 4.74 Å². The molecule has 1 amide bonds. The Morgan fingerprint density at radius 3 is 2.68 bits per heavy atom. The van der Waals surface area contributed by atoms with Gasteiger partial charge >= 0.3 is 0 Å². The third-order valence-corrected chi connectivity index (χ3v) is 4.62. The van der Waals surface area contributed by atoms with E-state index in [1.165, 1.54) is 29.4 Å². The summed E-state index contributed by atoms with van der Waals surface area (Å²) < 4.78 is 18.7. The zero-order valence-corrected chi connectivity index (χ0v) is 14.7. The largest absolute Gasteiger partial charge is 0.494 e. The second-order valence-electron chi connectivity index (χ2n) is 5.53. The average Bonchev–Trinajstić information content (AvgIpc) is 3.12. The van der Waals surface area contributed by atoms with Gasteiger partial charge in [-0.25, -0.2) is 9.37 Å². The van der Waals surface area contributed by atoms with Crippen molar-refractivity contribution in [3.05, 3.63) is 71.0 Å². The molecule has 6 heteroatoms. The highest BCUT2D eigenvalue weighted by atomic mass is 32.1. The van der Waals surface area contributed by atoms with Crippen LogP contribution in [-0.4, -0.2) is 29.9 Å². The first-order chi connectivity index (χ1) is 12.1. The van der Waals surface area contributed by atoms with E-state index < -0.39 is 5.82 Å². The van der Waals surface area contributed by atoms with Crippen LogP contribution in [0.1, 0.15) is 16.1 Å². The lowest BCUT2D eigenvalue weighted by Crippen LogP contribution is -2.26. The quantitative estimate of drug-likeness (QED) is 0.687. The monoisotopic (exact) mass is 356 g/mol. The minimum absolute atomic E-state index is 0.185. The summed E-state index contributed by atoms with van der Waals surface area (Å²) in [4.78, 5) is 18.5. The van der Waals surface area contributed by atoms with Crippen molar-refractivity contribution in [1.82, 2.24) is 9.88 Å². The molecule has 0 radical (unpaired) electrons. The number of halogens is 1. The summed E-state index contributed by atoms with van der Waals surface area (Å²) in [6, 6.07) is 14.4. The van der Waals surface area contributed by atoms with E-state index in [-0.39, 0.29) is 18.2 Å². The van der Waals surface area contributed by atoms with Crippen molar-refractivity contribution in [2.75, 3.05) is 14.2 Å². The Hall–Kier alpha value is -2.73. The summed E-state index contributed by atoms with van der Waals surface area (Å²) in [5.41, 5.74) is 2.06. The third-order valence-electron chi connectivity index (χ3n) is 3.73. The zero-order chi connectivity index (χ0) is 17.8. The Balaban J connectivity index is 1.72. The molecule has 0 unspecified atom stereocenters. The molecule has 1 heterocycles. The van der Waals surface area contributed by atoms with Crippen LogP contribution in [-0.2, 0) is 6.54 Å². The lowest BCUT2D eigenvalue weighted by molar-refractivity contribution is 0.0780. The Morgan fingerprint density at radius 2 is 2.00 bits per heavy atom. The molecule has 3 aromatic rings. The summed E-state index contributed by atoms with van der Waals surface area (Å²) in [6.45, 7) is 0.290. The van der Waals surface area contributed by atoms with Gasteiger partial charge in [0.2, 0.25) is 0 Å². The topological polar surface area (TPSA) is 42.4 Å². The molecule has 0 spiro atoms. The molecule has 0 N–H and O–H groups in total. The van der Waals surface area contributed by atoms with Crippen molar-refractivity contribution in [2.24, 2.45) is 0 Å². The maximum absolute atomic E-state index is 13.8. The van der Waals surface area contributed by atoms with E-state index in [0.717, 1.165) is 10.6 Å². The van der Waals surface area contributed by atoms with E-state index in [9.17, 15) is 9.18 Å². The number of carbonyl (C=O) groups is 1. The minimum Gasteiger partial charge on any atom is -0.494 e. The standard InChI is InChI=1S/C19H17FN2O2S/c1-22(11-13-8-9-17(24-2)15(20)10-13)19(23)16-12-25-18(21-16)14-6-4-3-5-7-14/h3-10,12H,11H2,1-2H3. The number of thiazole rings is 1. The van der Waals surface area contributed by atoms with Gasteiger partial charge in [-0.05, 0) is 17.7 Å². The van der Waals surface area contributed by atoms with Gasteiger partial charge in [0.15, 0.2) is 11.6 Å². The molecule has 0 aliphatic carbocycles. The average molecular weight is 356 g/mol. The van der Waals surface area contributed by atoms with Crippen LogP contribution in [0.25, 0.3) is 10.6 Å². The lowest BCUT2D eigenvalue weighted by atomic mass is 10.2. The highest BCUT2D eigenvalue weighted by Gasteiger charge is 2.17. The molecule has 0 aliphatic rings. The maximum Gasteiger partial charge on any atom is 0.273 e. The van der Waals surface area contributed by atoms with Crippen LogP contribution in [0.3, 0.4) is 0 Å². The lowest BCUT2D eigenvalue weighted by Gasteiger charge is -2.16. The van der Waals surface area contributed by atoms with Gasteiger partial charge in [-0.3, -0.25) is 4.79 Å². The van der Waals surface area contributed by atoms with Crippen molar-refractivity contribution < 1.29 is 13.9 Å². The Morgan fingerprint density at radius 1 is 1.24 bits per heavy atom. The second kappa shape index (κ2) is 7.44. The van der Waals surface area contributed by atoms with Crippen molar-refractivity contribution in [3.63, 3.8) is 0 Å². The van der Waals surface area contributed by atoms with Crippen molar-refractivity contribution in [2.45, 2.75) is 6.54 Å². The number of carbonyl (C=O) groups excluding carboxylic acids is 1. The highest BCUT2D eigenvalue weighted by Crippen LogP contribution is 2.24. The van der Waals surface area contributed by atoms with Gasteiger partial charge in [-0.2, -0.15) is 0 Å². The van der Waals surface area contributed by atoms with E-state index in [4.69, 9.17) is 4.74 Å².